The first kappa shape index (κ1) is 18.7. The summed E-state index contributed by atoms with van der Waals surface area (Å²) in [7, 11) is 0. The van der Waals surface area contributed by atoms with Crippen LogP contribution in [-0.4, -0.2) is 30.9 Å². The summed E-state index contributed by atoms with van der Waals surface area (Å²) in [6.07, 6.45) is 0. The lowest BCUT2D eigenvalue weighted by molar-refractivity contribution is -0.149. The number of benzene rings is 2. The van der Waals surface area contributed by atoms with E-state index in [2.05, 4.69) is 5.32 Å². The van der Waals surface area contributed by atoms with Gasteiger partial charge in [-0.25, -0.2) is 4.79 Å². The van der Waals surface area contributed by atoms with E-state index in [1.54, 1.807) is 42.5 Å². The predicted octanol–water partition coefficient (Wildman–Crippen LogP) is 2.32. The maximum atomic E-state index is 11.8. The molecule has 2 aromatic rings. The number of anilines is 1. The van der Waals surface area contributed by atoms with Gasteiger partial charge in [0.1, 0.15) is 11.8 Å². The van der Waals surface area contributed by atoms with Crippen LogP contribution < -0.4 is 10.1 Å². The standard InChI is InChI=1S/C19H16N2O5/c1-13(22)14-6-4-7-16(9-14)21-18(23)11-26-19(24)12-25-17-8-3-2-5-15(17)10-20/h2-9H,11-12H2,1H3,(H,21,23). The molecule has 7 nitrogen and oxygen atoms in total. The van der Waals surface area contributed by atoms with Gasteiger partial charge >= 0.3 is 5.97 Å². The van der Waals surface area contributed by atoms with E-state index in [9.17, 15) is 14.4 Å². The maximum Gasteiger partial charge on any atom is 0.344 e. The van der Waals surface area contributed by atoms with Crippen molar-refractivity contribution in [2.24, 2.45) is 0 Å². The third-order valence-corrected chi connectivity index (χ3v) is 3.27. The molecule has 0 aliphatic rings. The molecular weight excluding hydrogens is 336 g/mol. The molecule has 0 saturated carbocycles. The number of nitrogens with one attached hydrogen (secondary N) is 1. The summed E-state index contributed by atoms with van der Waals surface area (Å²) in [6, 6.07) is 14.8. The highest BCUT2D eigenvalue weighted by atomic mass is 16.6. The van der Waals surface area contributed by atoms with Crippen molar-refractivity contribution in [2.45, 2.75) is 6.92 Å². The van der Waals surface area contributed by atoms with E-state index < -0.39 is 25.1 Å². The van der Waals surface area contributed by atoms with Gasteiger partial charge in [-0.05, 0) is 31.2 Å². The van der Waals surface area contributed by atoms with Crippen molar-refractivity contribution >= 4 is 23.3 Å². The van der Waals surface area contributed by atoms with Crippen LogP contribution in [0.5, 0.6) is 5.75 Å². The molecule has 1 amide bonds. The first-order valence-electron chi connectivity index (χ1n) is 7.68. The van der Waals surface area contributed by atoms with E-state index in [0.717, 1.165) is 0 Å². The smallest absolute Gasteiger partial charge is 0.344 e. The Hall–Kier alpha value is -3.66. The number of para-hydroxylation sites is 1. The third kappa shape index (κ3) is 5.46. The van der Waals surface area contributed by atoms with Crippen molar-refractivity contribution in [3.63, 3.8) is 0 Å². The lowest BCUT2D eigenvalue weighted by Crippen LogP contribution is -2.23. The van der Waals surface area contributed by atoms with Crippen LogP contribution in [0.2, 0.25) is 0 Å². The molecule has 0 fully saturated rings. The molecule has 0 heterocycles. The zero-order chi connectivity index (χ0) is 18.9. The van der Waals surface area contributed by atoms with Gasteiger partial charge in [-0.3, -0.25) is 9.59 Å². The minimum Gasteiger partial charge on any atom is -0.481 e. The molecule has 2 rings (SSSR count). The highest BCUT2D eigenvalue weighted by Gasteiger charge is 2.11. The molecular formula is C19H16N2O5. The minimum absolute atomic E-state index is 0.123. The van der Waals surface area contributed by atoms with Crippen molar-refractivity contribution in [1.29, 1.82) is 5.26 Å². The normalized spacial score (nSPS) is 9.69. The monoisotopic (exact) mass is 352 g/mol. The predicted molar refractivity (Wildman–Crippen MR) is 92.7 cm³/mol. The lowest BCUT2D eigenvalue weighted by atomic mass is 10.1. The molecule has 0 unspecified atom stereocenters. The fourth-order valence-electron chi connectivity index (χ4n) is 2.02. The molecule has 0 saturated heterocycles. The molecule has 26 heavy (non-hydrogen) atoms. The van der Waals surface area contributed by atoms with Crippen LogP contribution in [0.1, 0.15) is 22.8 Å². The Morgan fingerprint density at radius 3 is 2.58 bits per heavy atom. The second kappa shape index (κ2) is 8.99. The number of hydrogen-bond acceptors (Lipinski definition) is 6. The Morgan fingerprint density at radius 1 is 1.08 bits per heavy atom. The fourth-order valence-corrected chi connectivity index (χ4v) is 2.02. The molecule has 1 N–H and O–H groups in total. The van der Waals surface area contributed by atoms with Crippen molar-refractivity contribution in [3.8, 4) is 11.8 Å². The molecule has 0 radical (unpaired) electrons. The van der Waals surface area contributed by atoms with Gasteiger partial charge < -0.3 is 14.8 Å². The lowest BCUT2D eigenvalue weighted by Gasteiger charge is -2.09. The number of nitrogens with zero attached hydrogens (tertiary/aromatic N) is 1. The number of hydrogen-bond donors (Lipinski definition) is 1. The van der Waals surface area contributed by atoms with Gasteiger partial charge in [-0.15, -0.1) is 0 Å². The zero-order valence-electron chi connectivity index (χ0n) is 14.0. The van der Waals surface area contributed by atoms with Crippen molar-refractivity contribution in [1.82, 2.24) is 0 Å². The summed E-state index contributed by atoms with van der Waals surface area (Å²) in [5.41, 5.74) is 1.19. The Kier molecular flexibility index (Phi) is 6.46. The number of carbonyl (C=O) groups is 3. The van der Waals surface area contributed by atoms with E-state index in [4.69, 9.17) is 14.7 Å². The summed E-state index contributed by atoms with van der Waals surface area (Å²) >= 11 is 0. The summed E-state index contributed by atoms with van der Waals surface area (Å²) in [5.74, 6) is -1.15. The number of rotatable bonds is 7. The number of esters is 1. The number of amides is 1. The van der Waals surface area contributed by atoms with Crippen LogP contribution in [0.25, 0.3) is 0 Å². The first-order valence-corrected chi connectivity index (χ1v) is 7.68. The first-order chi connectivity index (χ1) is 12.5. The van der Waals surface area contributed by atoms with Crippen LogP contribution in [0.3, 0.4) is 0 Å². The minimum atomic E-state index is -0.745. The van der Waals surface area contributed by atoms with E-state index >= 15 is 0 Å². The Balaban J connectivity index is 1.80. The fraction of sp³-hybridized carbons (Fsp3) is 0.158. The highest BCUT2D eigenvalue weighted by molar-refractivity contribution is 5.97. The molecule has 7 heteroatoms. The Morgan fingerprint density at radius 2 is 1.85 bits per heavy atom. The van der Waals surface area contributed by atoms with E-state index in [1.165, 1.54) is 13.0 Å². The van der Waals surface area contributed by atoms with Gasteiger partial charge in [0, 0.05) is 11.3 Å². The molecule has 2 aromatic carbocycles. The number of carbonyl (C=O) groups excluding carboxylic acids is 3. The second-order valence-electron chi connectivity index (χ2n) is 5.24. The second-order valence-corrected chi connectivity index (χ2v) is 5.24. The SMILES string of the molecule is CC(=O)c1cccc(NC(=O)COC(=O)COc2ccccc2C#N)c1. The van der Waals surface area contributed by atoms with Gasteiger partial charge in [0.2, 0.25) is 0 Å². The van der Waals surface area contributed by atoms with Gasteiger partial charge in [-0.2, -0.15) is 5.26 Å². The molecule has 132 valence electrons. The molecule has 0 aliphatic heterocycles. The topological polar surface area (TPSA) is 105 Å². The van der Waals surface area contributed by atoms with Crippen LogP contribution in [0.4, 0.5) is 5.69 Å². The molecule has 0 aliphatic carbocycles. The highest BCUT2D eigenvalue weighted by Crippen LogP contribution is 2.16. The summed E-state index contributed by atoms with van der Waals surface area (Å²) in [6.45, 7) is 0.505. The van der Waals surface area contributed by atoms with Crippen LogP contribution in [0.15, 0.2) is 48.5 Å². The quantitative estimate of drug-likeness (QED) is 0.605. The van der Waals surface area contributed by atoms with Crippen LogP contribution in [-0.2, 0) is 14.3 Å². The van der Waals surface area contributed by atoms with Crippen LogP contribution >= 0.6 is 0 Å². The van der Waals surface area contributed by atoms with Crippen LogP contribution in [0, 0.1) is 11.3 Å². The van der Waals surface area contributed by atoms with Crippen molar-refractivity contribution < 1.29 is 23.9 Å². The van der Waals surface area contributed by atoms with Gasteiger partial charge in [0.15, 0.2) is 19.0 Å². The summed E-state index contributed by atoms with van der Waals surface area (Å²) < 4.78 is 10.0. The average Bonchev–Trinajstić information content (AvgIpc) is 2.65. The molecule has 0 bridgehead atoms. The van der Waals surface area contributed by atoms with Gasteiger partial charge in [0.25, 0.3) is 5.91 Å². The maximum absolute atomic E-state index is 11.8. The number of nitriles is 1. The summed E-state index contributed by atoms with van der Waals surface area (Å²) in [4.78, 5) is 34.8. The Labute approximate surface area is 150 Å². The number of ether oxygens (including phenoxy) is 2. The third-order valence-electron chi connectivity index (χ3n) is 3.27. The molecule has 0 aromatic heterocycles. The zero-order valence-corrected chi connectivity index (χ0v) is 14.0. The van der Waals surface area contributed by atoms with Crippen molar-refractivity contribution in [3.05, 3.63) is 59.7 Å². The van der Waals surface area contributed by atoms with Crippen molar-refractivity contribution in [2.75, 3.05) is 18.5 Å². The van der Waals surface area contributed by atoms with E-state index in [1.807, 2.05) is 6.07 Å². The van der Waals surface area contributed by atoms with E-state index in [-0.39, 0.29) is 11.5 Å². The molecule has 0 spiro atoms. The number of Topliss-reactive ketones (excluding diaryl/α,β-unsaturated/α-hetero) is 1. The molecule has 0 atom stereocenters. The number of ketones is 1. The summed E-state index contributed by atoms with van der Waals surface area (Å²) in [5, 5.41) is 11.5. The van der Waals surface area contributed by atoms with E-state index in [0.29, 0.717) is 16.8 Å². The largest absolute Gasteiger partial charge is 0.481 e. The Bertz CT molecular complexity index is 870. The van der Waals surface area contributed by atoms with Gasteiger partial charge in [0.05, 0.1) is 5.56 Å². The van der Waals surface area contributed by atoms with Gasteiger partial charge in [-0.1, -0.05) is 24.3 Å². The average molecular weight is 352 g/mol.